The number of nitrogens with one attached hydrogen (secondary N) is 1. The Labute approximate surface area is 57.8 Å². The van der Waals surface area contributed by atoms with Crippen molar-refractivity contribution < 1.29 is 0 Å². The van der Waals surface area contributed by atoms with Crippen LogP contribution in [0.25, 0.3) is 0 Å². The largest absolute Gasteiger partial charge is 0.317 e. The van der Waals surface area contributed by atoms with Gasteiger partial charge in [-0.05, 0) is 31.7 Å². The van der Waals surface area contributed by atoms with Crippen molar-refractivity contribution >= 4 is 0 Å². The molecule has 0 saturated heterocycles. The van der Waals surface area contributed by atoms with Crippen LogP contribution in [0.2, 0.25) is 0 Å². The fraction of sp³-hybridized carbons (Fsp3) is 1.00. The first-order valence-electron chi connectivity index (χ1n) is 3.91. The minimum absolute atomic E-state index is 0.792. The summed E-state index contributed by atoms with van der Waals surface area (Å²) in [5, 5.41) is 3.34. The van der Waals surface area contributed by atoms with Gasteiger partial charge in [0, 0.05) is 6.04 Å². The Balaban J connectivity index is 2.38. The number of rotatable bonds is 1. The normalized spacial score (nSPS) is 43.7. The third-order valence-electron chi connectivity index (χ3n) is 2.49. The number of hydrogen-bond acceptors (Lipinski definition) is 1. The maximum Gasteiger partial charge on any atom is 0.00923 e. The molecule has 0 aromatic rings. The van der Waals surface area contributed by atoms with Gasteiger partial charge < -0.3 is 5.32 Å². The highest BCUT2D eigenvalue weighted by atomic mass is 14.9. The summed E-state index contributed by atoms with van der Waals surface area (Å²) in [5.41, 5.74) is 0. The van der Waals surface area contributed by atoms with Crippen molar-refractivity contribution in [2.45, 2.75) is 32.7 Å². The smallest absolute Gasteiger partial charge is 0.00923 e. The molecular formula is C8H17N. The first-order chi connectivity index (χ1) is 4.24. The molecule has 0 aliphatic heterocycles. The molecule has 0 aromatic carbocycles. The summed E-state index contributed by atoms with van der Waals surface area (Å²) in [6.45, 7) is 4.68. The van der Waals surface area contributed by atoms with Crippen molar-refractivity contribution in [2.24, 2.45) is 11.8 Å². The highest BCUT2D eigenvalue weighted by Crippen LogP contribution is 2.29. The van der Waals surface area contributed by atoms with Crippen LogP contribution in [0.15, 0.2) is 0 Å². The summed E-state index contributed by atoms with van der Waals surface area (Å²) in [6.07, 6.45) is 2.78. The second kappa shape index (κ2) is 2.70. The van der Waals surface area contributed by atoms with Crippen LogP contribution in [0.5, 0.6) is 0 Å². The molecule has 3 unspecified atom stereocenters. The lowest BCUT2D eigenvalue weighted by Crippen LogP contribution is -2.27. The molecule has 1 N–H and O–H groups in total. The predicted molar refractivity (Wildman–Crippen MR) is 40.4 cm³/mol. The molecule has 0 bridgehead atoms. The van der Waals surface area contributed by atoms with E-state index in [0.717, 1.165) is 17.9 Å². The van der Waals surface area contributed by atoms with Crippen molar-refractivity contribution in [3.05, 3.63) is 0 Å². The van der Waals surface area contributed by atoms with Crippen LogP contribution in [0, 0.1) is 11.8 Å². The SMILES string of the molecule is CNC1CC(C)CC1C. The van der Waals surface area contributed by atoms with Crippen molar-refractivity contribution in [2.75, 3.05) is 7.05 Å². The first-order valence-corrected chi connectivity index (χ1v) is 3.91. The molecule has 0 spiro atoms. The molecule has 0 amide bonds. The number of hydrogen-bond donors (Lipinski definition) is 1. The molecule has 1 nitrogen and oxygen atoms in total. The first kappa shape index (κ1) is 7.07. The Kier molecular flexibility index (Phi) is 2.12. The van der Waals surface area contributed by atoms with E-state index in [4.69, 9.17) is 0 Å². The minimum atomic E-state index is 0.792. The molecule has 9 heavy (non-hydrogen) atoms. The van der Waals surface area contributed by atoms with Crippen molar-refractivity contribution in [3.63, 3.8) is 0 Å². The molecule has 54 valence electrons. The summed E-state index contributed by atoms with van der Waals surface area (Å²) in [5.74, 6) is 1.84. The van der Waals surface area contributed by atoms with E-state index < -0.39 is 0 Å². The average Bonchev–Trinajstić information content (AvgIpc) is 2.10. The van der Waals surface area contributed by atoms with Crippen LogP contribution in [-0.4, -0.2) is 13.1 Å². The van der Waals surface area contributed by atoms with E-state index in [0.29, 0.717) is 0 Å². The highest BCUT2D eigenvalue weighted by Gasteiger charge is 2.26. The van der Waals surface area contributed by atoms with Crippen molar-refractivity contribution in [1.29, 1.82) is 0 Å². The summed E-state index contributed by atoms with van der Waals surface area (Å²) in [6, 6.07) is 0.792. The van der Waals surface area contributed by atoms with Gasteiger partial charge in [-0.1, -0.05) is 13.8 Å². The Morgan fingerprint density at radius 2 is 1.89 bits per heavy atom. The molecule has 1 aliphatic rings. The van der Waals surface area contributed by atoms with Gasteiger partial charge in [0.2, 0.25) is 0 Å². The zero-order valence-corrected chi connectivity index (χ0v) is 6.65. The van der Waals surface area contributed by atoms with Gasteiger partial charge in [0.05, 0.1) is 0 Å². The Bertz CT molecular complexity index is 90.6. The van der Waals surface area contributed by atoms with E-state index in [-0.39, 0.29) is 0 Å². The van der Waals surface area contributed by atoms with Crippen LogP contribution < -0.4 is 5.32 Å². The van der Waals surface area contributed by atoms with Crippen LogP contribution in [0.4, 0.5) is 0 Å². The molecule has 1 aliphatic carbocycles. The van der Waals surface area contributed by atoms with E-state index in [9.17, 15) is 0 Å². The Morgan fingerprint density at radius 3 is 2.11 bits per heavy atom. The molecule has 0 aromatic heterocycles. The topological polar surface area (TPSA) is 12.0 Å². The standard InChI is InChI=1S/C8H17N/c1-6-4-7(2)8(5-6)9-3/h6-9H,4-5H2,1-3H3. The lowest BCUT2D eigenvalue weighted by Gasteiger charge is -2.12. The van der Waals surface area contributed by atoms with E-state index >= 15 is 0 Å². The monoisotopic (exact) mass is 127 g/mol. The highest BCUT2D eigenvalue weighted by molar-refractivity contribution is 4.82. The van der Waals surface area contributed by atoms with Crippen LogP contribution >= 0.6 is 0 Å². The molecule has 1 fully saturated rings. The van der Waals surface area contributed by atoms with Crippen LogP contribution in [0.3, 0.4) is 0 Å². The maximum absolute atomic E-state index is 3.34. The van der Waals surface area contributed by atoms with E-state index in [1.54, 1.807) is 0 Å². The van der Waals surface area contributed by atoms with Crippen molar-refractivity contribution in [3.8, 4) is 0 Å². The predicted octanol–water partition coefficient (Wildman–Crippen LogP) is 1.64. The van der Waals surface area contributed by atoms with Gasteiger partial charge in [0.25, 0.3) is 0 Å². The van der Waals surface area contributed by atoms with Gasteiger partial charge in [0.15, 0.2) is 0 Å². The maximum atomic E-state index is 3.34. The summed E-state index contributed by atoms with van der Waals surface area (Å²) in [7, 11) is 2.07. The van der Waals surface area contributed by atoms with Crippen LogP contribution in [0.1, 0.15) is 26.7 Å². The fourth-order valence-electron chi connectivity index (χ4n) is 1.96. The second-order valence-electron chi connectivity index (χ2n) is 3.45. The van der Waals surface area contributed by atoms with E-state index in [1.165, 1.54) is 12.8 Å². The Morgan fingerprint density at radius 1 is 1.22 bits per heavy atom. The summed E-state index contributed by atoms with van der Waals surface area (Å²) < 4.78 is 0. The van der Waals surface area contributed by atoms with Gasteiger partial charge in [-0.3, -0.25) is 0 Å². The summed E-state index contributed by atoms with van der Waals surface area (Å²) in [4.78, 5) is 0. The van der Waals surface area contributed by atoms with E-state index in [2.05, 4.69) is 26.2 Å². The lowest BCUT2D eigenvalue weighted by atomic mass is 10.1. The molecule has 3 atom stereocenters. The average molecular weight is 127 g/mol. The molecule has 1 rings (SSSR count). The van der Waals surface area contributed by atoms with Gasteiger partial charge in [-0.15, -0.1) is 0 Å². The van der Waals surface area contributed by atoms with E-state index in [1.807, 2.05) is 0 Å². The minimum Gasteiger partial charge on any atom is -0.317 e. The zero-order chi connectivity index (χ0) is 6.85. The summed E-state index contributed by atoms with van der Waals surface area (Å²) >= 11 is 0. The van der Waals surface area contributed by atoms with Crippen LogP contribution in [-0.2, 0) is 0 Å². The Hall–Kier alpha value is -0.0400. The van der Waals surface area contributed by atoms with Gasteiger partial charge >= 0.3 is 0 Å². The third-order valence-corrected chi connectivity index (χ3v) is 2.49. The van der Waals surface area contributed by atoms with Gasteiger partial charge in [0.1, 0.15) is 0 Å². The second-order valence-corrected chi connectivity index (χ2v) is 3.45. The quantitative estimate of drug-likeness (QED) is 0.564. The molecule has 0 radical (unpaired) electrons. The van der Waals surface area contributed by atoms with Gasteiger partial charge in [-0.25, -0.2) is 0 Å². The van der Waals surface area contributed by atoms with Gasteiger partial charge in [-0.2, -0.15) is 0 Å². The molecule has 0 heterocycles. The lowest BCUT2D eigenvalue weighted by molar-refractivity contribution is 0.459. The van der Waals surface area contributed by atoms with Crippen molar-refractivity contribution in [1.82, 2.24) is 5.32 Å². The zero-order valence-electron chi connectivity index (χ0n) is 6.65. The fourth-order valence-corrected chi connectivity index (χ4v) is 1.96. The third kappa shape index (κ3) is 1.45. The molecule has 1 saturated carbocycles. The molecular weight excluding hydrogens is 110 g/mol. The molecule has 1 heteroatoms.